The number of hydrogen-bond donors (Lipinski definition) is 1. The summed E-state index contributed by atoms with van der Waals surface area (Å²) in [5.41, 5.74) is 9.00. The number of aryl methyl sites for hydroxylation is 1. The molecule has 0 aliphatic carbocycles. The largest absolute Gasteiger partial charge is 0.398 e. The minimum Gasteiger partial charge on any atom is -0.398 e. The van der Waals surface area contributed by atoms with Crippen LogP contribution < -0.4 is 5.73 Å². The third-order valence-corrected chi connectivity index (χ3v) is 2.70. The van der Waals surface area contributed by atoms with Crippen LogP contribution in [0.3, 0.4) is 0 Å². The topological polar surface area (TPSA) is 47.1 Å². The van der Waals surface area contributed by atoms with Crippen molar-refractivity contribution in [3.8, 4) is 0 Å². The van der Waals surface area contributed by atoms with Crippen LogP contribution in [-0.2, 0) is 20.1 Å². The highest BCUT2D eigenvalue weighted by Gasteiger charge is 2.05. The molecule has 0 bridgehead atoms. The van der Waals surface area contributed by atoms with Gasteiger partial charge in [0.2, 0.25) is 0 Å². The molecule has 4 heteroatoms. The molecule has 0 radical (unpaired) electrons. The van der Waals surface area contributed by atoms with Gasteiger partial charge in [0, 0.05) is 32.0 Å². The molecule has 0 amide bonds. The van der Waals surface area contributed by atoms with Crippen molar-refractivity contribution in [2.45, 2.75) is 13.1 Å². The van der Waals surface area contributed by atoms with Crippen LogP contribution in [0.1, 0.15) is 11.3 Å². The lowest BCUT2D eigenvalue weighted by atomic mass is 10.1. The van der Waals surface area contributed by atoms with E-state index in [0.29, 0.717) is 0 Å². The molecule has 2 rings (SSSR count). The predicted molar refractivity (Wildman–Crippen MR) is 69.2 cm³/mol. The molecule has 0 spiro atoms. The number of para-hydroxylation sites is 1. The maximum Gasteiger partial charge on any atom is 0.0764 e. The van der Waals surface area contributed by atoms with Gasteiger partial charge in [0.1, 0.15) is 0 Å². The highest BCUT2D eigenvalue weighted by atomic mass is 15.3. The Bertz CT molecular complexity index is 490. The van der Waals surface area contributed by atoms with E-state index in [4.69, 9.17) is 5.73 Å². The Balaban J connectivity index is 1.98. The van der Waals surface area contributed by atoms with Crippen LogP contribution in [0.2, 0.25) is 0 Å². The molecule has 0 aliphatic heterocycles. The normalized spacial score (nSPS) is 11.0. The lowest BCUT2D eigenvalue weighted by molar-refractivity contribution is 0.314. The smallest absolute Gasteiger partial charge is 0.0764 e. The van der Waals surface area contributed by atoms with Crippen LogP contribution >= 0.6 is 0 Å². The molecule has 0 unspecified atom stereocenters. The van der Waals surface area contributed by atoms with Crippen LogP contribution in [0.15, 0.2) is 36.5 Å². The van der Waals surface area contributed by atoms with Crippen molar-refractivity contribution in [2.75, 3.05) is 12.8 Å². The molecule has 4 nitrogen and oxygen atoms in total. The summed E-state index contributed by atoms with van der Waals surface area (Å²) >= 11 is 0. The van der Waals surface area contributed by atoms with Gasteiger partial charge in [0.25, 0.3) is 0 Å². The van der Waals surface area contributed by atoms with Gasteiger partial charge in [-0.25, -0.2) is 0 Å². The predicted octanol–water partition coefficient (Wildman–Crippen LogP) is 1.63. The van der Waals surface area contributed by atoms with Gasteiger partial charge in [-0.1, -0.05) is 18.2 Å². The first-order valence-corrected chi connectivity index (χ1v) is 5.65. The van der Waals surface area contributed by atoms with Gasteiger partial charge in [-0.15, -0.1) is 0 Å². The van der Waals surface area contributed by atoms with Gasteiger partial charge in [0.05, 0.1) is 5.69 Å². The number of nitrogen functional groups attached to an aromatic ring is 1. The van der Waals surface area contributed by atoms with E-state index in [9.17, 15) is 0 Å². The van der Waals surface area contributed by atoms with Crippen LogP contribution in [0.5, 0.6) is 0 Å². The number of anilines is 1. The van der Waals surface area contributed by atoms with Gasteiger partial charge < -0.3 is 5.73 Å². The highest BCUT2D eigenvalue weighted by molar-refractivity contribution is 5.46. The van der Waals surface area contributed by atoms with Gasteiger partial charge in [0.15, 0.2) is 0 Å². The van der Waals surface area contributed by atoms with Crippen LogP contribution in [-0.4, -0.2) is 21.7 Å². The van der Waals surface area contributed by atoms with E-state index in [-0.39, 0.29) is 0 Å². The third-order valence-electron chi connectivity index (χ3n) is 2.70. The second-order valence-corrected chi connectivity index (χ2v) is 4.35. The van der Waals surface area contributed by atoms with Gasteiger partial charge in [-0.05, 0) is 24.7 Å². The van der Waals surface area contributed by atoms with Crippen molar-refractivity contribution < 1.29 is 0 Å². The first kappa shape index (κ1) is 11.7. The van der Waals surface area contributed by atoms with E-state index in [1.807, 2.05) is 42.2 Å². The van der Waals surface area contributed by atoms with Crippen LogP contribution in [0, 0.1) is 0 Å². The van der Waals surface area contributed by atoms with E-state index in [1.54, 1.807) is 0 Å². The van der Waals surface area contributed by atoms with Crippen LogP contribution in [0.4, 0.5) is 5.69 Å². The third kappa shape index (κ3) is 3.07. The fourth-order valence-electron chi connectivity index (χ4n) is 1.85. The molecule has 1 aromatic carbocycles. The first-order valence-electron chi connectivity index (χ1n) is 5.65. The standard InChI is InChI=1S/C13H18N4/c1-16(10-12-7-8-17(2)15-12)9-11-5-3-4-6-13(11)14/h3-8H,9-10,14H2,1-2H3. The minimum absolute atomic E-state index is 0.829. The summed E-state index contributed by atoms with van der Waals surface area (Å²) in [7, 11) is 4.00. The lowest BCUT2D eigenvalue weighted by Crippen LogP contribution is -2.18. The Morgan fingerprint density at radius 1 is 1.24 bits per heavy atom. The minimum atomic E-state index is 0.829. The fraction of sp³-hybridized carbons (Fsp3) is 0.308. The summed E-state index contributed by atoms with van der Waals surface area (Å²) in [5, 5.41) is 4.36. The van der Waals surface area contributed by atoms with Gasteiger partial charge in [-0.2, -0.15) is 5.10 Å². The second kappa shape index (κ2) is 5.01. The Morgan fingerprint density at radius 3 is 2.65 bits per heavy atom. The van der Waals surface area contributed by atoms with E-state index in [2.05, 4.69) is 23.1 Å². The molecule has 2 N–H and O–H groups in total. The van der Waals surface area contributed by atoms with Crippen molar-refractivity contribution >= 4 is 5.69 Å². The summed E-state index contributed by atoms with van der Waals surface area (Å²) in [6, 6.07) is 10.00. The molecule has 0 fully saturated rings. The second-order valence-electron chi connectivity index (χ2n) is 4.35. The SMILES string of the molecule is CN(Cc1ccn(C)n1)Cc1ccccc1N. The van der Waals surface area contributed by atoms with Crippen molar-refractivity contribution in [3.05, 3.63) is 47.8 Å². The summed E-state index contributed by atoms with van der Waals surface area (Å²) in [6.45, 7) is 1.67. The molecule has 1 aromatic heterocycles. The Labute approximate surface area is 102 Å². The summed E-state index contributed by atoms with van der Waals surface area (Å²) < 4.78 is 1.82. The highest BCUT2D eigenvalue weighted by Crippen LogP contribution is 2.13. The van der Waals surface area contributed by atoms with E-state index in [0.717, 1.165) is 30.0 Å². The first-order chi connectivity index (χ1) is 8.15. The number of aromatic nitrogens is 2. The molecular weight excluding hydrogens is 212 g/mol. The Kier molecular flexibility index (Phi) is 3.44. The molecule has 0 aliphatic rings. The summed E-state index contributed by atoms with van der Waals surface area (Å²) in [6.07, 6.45) is 1.96. The average molecular weight is 230 g/mol. The van der Waals surface area contributed by atoms with Gasteiger partial charge in [-0.3, -0.25) is 9.58 Å². The number of nitrogens with zero attached hydrogens (tertiary/aromatic N) is 3. The van der Waals surface area contributed by atoms with E-state index in [1.165, 1.54) is 0 Å². The molecule has 0 saturated heterocycles. The summed E-state index contributed by atoms with van der Waals surface area (Å²) in [4.78, 5) is 2.20. The molecule has 17 heavy (non-hydrogen) atoms. The quantitative estimate of drug-likeness (QED) is 0.812. The molecular formula is C13H18N4. The van der Waals surface area contributed by atoms with Crippen molar-refractivity contribution in [1.29, 1.82) is 0 Å². The van der Waals surface area contributed by atoms with E-state index < -0.39 is 0 Å². The monoisotopic (exact) mass is 230 g/mol. The number of rotatable bonds is 4. The summed E-state index contributed by atoms with van der Waals surface area (Å²) in [5.74, 6) is 0. The molecule has 0 atom stereocenters. The number of hydrogen-bond acceptors (Lipinski definition) is 3. The van der Waals surface area contributed by atoms with Crippen molar-refractivity contribution in [3.63, 3.8) is 0 Å². The van der Waals surface area contributed by atoms with Gasteiger partial charge >= 0.3 is 0 Å². The molecule has 90 valence electrons. The van der Waals surface area contributed by atoms with Crippen molar-refractivity contribution in [1.82, 2.24) is 14.7 Å². The molecule has 0 saturated carbocycles. The fourth-order valence-corrected chi connectivity index (χ4v) is 1.85. The zero-order valence-corrected chi connectivity index (χ0v) is 10.3. The zero-order chi connectivity index (χ0) is 12.3. The lowest BCUT2D eigenvalue weighted by Gasteiger charge is -2.16. The van der Waals surface area contributed by atoms with Crippen LogP contribution in [0.25, 0.3) is 0 Å². The zero-order valence-electron chi connectivity index (χ0n) is 10.3. The Hall–Kier alpha value is -1.81. The average Bonchev–Trinajstić information content (AvgIpc) is 2.67. The van der Waals surface area contributed by atoms with Crippen molar-refractivity contribution in [2.24, 2.45) is 7.05 Å². The molecule has 2 aromatic rings. The maximum atomic E-state index is 5.92. The van der Waals surface area contributed by atoms with E-state index >= 15 is 0 Å². The maximum absolute atomic E-state index is 5.92. The Morgan fingerprint density at radius 2 is 2.00 bits per heavy atom. The molecule has 1 heterocycles. The number of nitrogens with two attached hydrogens (primary N) is 1. The number of benzene rings is 1.